The van der Waals surface area contributed by atoms with E-state index in [4.69, 9.17) is 0 Å². The summed E-state index contributed by atoms with van der Waals surface area (Å²) in [4.78, 5) is 7.46. The second-order valence-corrected chi connectivity index (χ2v) is 7.82. The largest absolute Gasteiger partial charge is 0.346 e. The number of pyridine rings is 1. The Bertz CT molecular complexity index is 1030. The third kappa shape index (κ3) is 2.57. The van der Waals surface area contributed by atoms with Crippen LogP contribution in [0.1, 0.15) is 19.0 Å². The van der Waals surface area contributed by atoms with Crippen LogP contribution in [0.4, 0.5) is 0 Å². The highest BCUT2D eigenvalue weighted by Gasteiger charge is 2.45. The molecule has 1 aliphatic rings. The topological polar surface area (TPSA) is 84.4 Å². The molecule has 0 aliphatic carbocycles. The molecule has 7 heteroatoms. The zero-order valence-electron chi connectivity index (χ0n) is 14.4. The SMILES string of the molecule is CCSN1CC(CC#N)(n2cc(-c3ccnc4[nH]ccc34)cc2C#N)C1. The van der Waals surface area contributed by atoms with Crippen molar-refractivity contribution in [1.82, 2.24) is 18.8 Å². The number of hydrogen-bond donors (Lipinski definition) is 1. The minimum Gasteiger partial charge on any atom is -0.346 e. The third-order valence-electron chi connectivity index (χ3n) is 4.88. The van der Waals surface area contributed by atoms with Crippen LogP contribution in [-0.2, 0) is 5.54 Å². The molecule has 0 amide bonds. The van der Waals surface area contributed by atoms with Gasteiger partial charge < -0.3 is 9.55 Å². The summed E-state index contributed by atoms with van der Waals surface area (Å²) in [6.45, 7) is 3.67. The zero-order chi connectivity index (χ0) is 18.1. The molecule has 0 saturated carbocycles. The molecular weight excluding hydrogens is 344 g/mol. The van der Waals surface area contributed by atoms with Crippen molar-refractivity contribution in [2.45, 2.75) is 18.9 Å². The normalized spacial score (nSPS) is 16.1. The Morgan fingerprint density at radius 3 is 2.92 bits per heavy atom. The standard InChI is InChI=1S/C19H18N6S/c1-2-26-24-12-19(13-24,5-6-20)25-11-14(9-15(25)10-21)16-3-7-22-18-17(16)4-8-23-18/h3-4,7-9,11H,2,5,12-13H2,1H3,(H,22,23). The molecule has 1 N–H and O–H groups in total. The Morgan fingerprint density at radius 1 is 1.35 bits per heavy atom. The molecule has 0 unspecified atom stereocenters. The quantitative estimate of drug-likeness (QED) is 0.702. The lowest BCUT2D eigenvalue weighted by atomic mass is 9.88. The predicted molar refractivity (Wildman–Crippen MR) is 102 cm³/mol. The Morgan fingerprint density at radius 2 is 2.19 bits per heavy atom. The number of rotatable bonds is 5. The van der Waals surface area contributed by atoms with E-state index < -0.39 is 0 Å². The Labute approximate surface area is 156 Å². The van der Waals surface area contributed by atoms with Gasteiger partial charge in [0.25, 0.3) is 0 Å². The van der Waals surface area contributed by atoms with Gasteiger partial charge in [0.05, 0.1) is 18.0 Å². The van der Waals surface area contributed by atoms with Crippen LogP contribution in [0.5, 0.6) is 0 Å². The van der Waals surface area contributed by atoms with E-state index >= 15 is 0 Å². The molecule has 130 valence electrons. The van der Waals surface area contributed by atoms with E-state index in [-0.39, 0.29) is 5.54 Å². The van der Waals surface area contributed by atoms with Crippen molar-refractivity contribution in [3.05, 3.63) is 42.5 Å². The molecule has 1 saturated heterocycles. The highest BCUT2D eigenvalue weighted by atomic mass is 32.2. The first-order valence-electron chi connectivity index (χ1n) is 8.51. The number of fused-ring (bicyclic) bond motifs is 1. The van der Waals surface area contributed by atoms with Gasteiger partial charge in [-0.15, -0.1) is 0 Å². The summed E-state index contributed by atoms with van der Waals surface area (Å²) in [5, 5.41) is 20.1. The summed E-state index contributed by atoms with van der Waals surface area (Å²) in [6.07, 6.45) is 6.05. The molecular formula is C19H18N6S. The van der Waals surface area contributed by atoms with E-state index in [1.54, 1.807) is 18.1 Å². The first-order chi connectivity index (χ1) is 12.7. The maximum atomic E-state index is 9.68. The summed E-state index contributed by atoms with van der Waals surface area (Å²) in [5.41, 5.74) is 3.11. The van der Waals surface area contributed by atoms with Crippen molar-refractivity contribution in [3.63, 3.8) is 0 Å². The van der Waals surface area contributed by atoms with Crippen molar-refractivity contribution < 1.29 is 0 Å². The molecule has 3 aromatic heterocycles. The molecule has 3 aromatic rings. The number of nitrogens with zero attached hydrogens (tertiary/aromatic N) is 5. The molecule has 0 radical (unpaired) electrons. The van der Waals surface area contributed by atoms with Crippen LogP contribution in [-0.4, -0.2) is 37.7 Å². The molecule has 0 spiro atoms. The molecule has 0 aromatic carbocycles. The Balaban J connectivity index is 1.78. The average Bonchev–Trinajstić information content (AvgIpc) is 3.26. The van der Waals surface area contributed by atoms with Gasteiger partial charge in [-0.1, -0.05) is 18.9 Å². The van der Waals surface area contributed by atoms with E-state index in [9.17, 15) is 10.5 Å². The number of nitriles is 2. The lowest BCUT2D eigenvalue weighted by Gasteiger charge is -2.49. The average molecular weight is 362 g/mol. The summed E-state index contributed by atoms with van der Waals surface area (Å²) in [6, 6.07) is 10.5. The van der Waals surface area contributed by atoms with E-state index in [1.807, 2.05) is 35.2 Å². The van der Waals surface area contributed by atoms with Gasteiger partial charge in [0, 0.05) is 48.4 Å². The van der Waals surface area contributed by atoms with Crippen LogP contribution in [0.2, 0.25) is 0 Å². The van der Waals surface area contributed by atoms with Gasteiger partial charge in [-0.2, -0.15) is 10.5 Å². The minimum absolute atomic E-state index is 0.329. The van der Waals surface area contributed by atoms with Gasteiger partial charge in [-0.05, 0) is 23.8 Å². The molecule has 6 nitrogen and oxygen atoms in total. The molecule has 1 fully saturated rings. The fourth-order valence-corrected chi connectivity index (χ4v) is 4.71. The summed E-state index contributed by atoms with van der Waals surface area (Å²) in [5.74, 6) is 1.01. The number of nitrogens with one attached hydrogen (secondary N) is 1. The molecule has 26 heavy (non-hydrogen) atoms. The van der Waals surface area contributed by atoms with Gasteiger partial charge in [-0.3, -0.25) is 0 Å². The van der Waals surface area contributed by atoms with Crippen LogP contribution in [0, 0.1) is 22.7 Å². The first-order valence-corrected chi connectivity index (χ1v) is 9.45. The highest BCUT2D eigenvalue weighted by Crippen LogP contribution is 2.40. The van der Waals surface area contributed by atoms with E-state index in [1.165, 1.54) is 0 Å². The number of hydrogen-bond acceptors (Lipinski definition) is 5. The fraction of sp³-hybridized carbons (Fsp3) is 0.316. The van der Waals surface area contributed by atoms with E-state index in [0.717, 1.165) is 41.0 Å². The van der Waals surface area contributed by atoms with Gasteiger partial charge in [-0.25, -0.2) is 9.29 Å². The smallest absolute Gasteiger partial charge is 0.137 e. The van der Waals surface area contributed by atoms with Gasteiger partial charge in [0.2, 0.25) is 0 Å². The molecule has 1 aliphatic heterocycles. The van der Waals surface area contributed by atoms with E-state index in [2.05, 4.69) is 33.3 Å². The molecule has 0 bridgehead atoms. The van der Waals surface area contributed by atoms with Crippen LogP contribution in [0.15, 0.2) is 36.8 Å². The Kier molecular flexibility index (Phi) is 4.20. The van der Waals surface area contributed by atoms with E-state index in [0.29, 0.717) is 12.1 Å². The van der Waals surface area contributed by atoms with Gasteiger partial charge >= 0.3 is 0 Å². The minimum atomic E-state index is -0.329. The maximum absolute atomic E-state index is 9.68. The predicted octanol–water partition coefficient (Wildman–Crippen LogP) is 3.50. The second kappa shape index (κ2) is 6.53. The third-order valence-corrected chi connectivity index (χ3v) is 5.76. The van der Waals surface area contributed by atoms with Crippen LogP contribution in [0.3, 0.4) is 0 Å². The van der Waals surface area contributed by atoms with Gasteiger partial charge in [0.1, 0.15) is 17.4 Å². The lowest BCUT2D eigenvalue weighted by Crippen LogP contribution is -2.59. The van der Waals surface area contributed by atoms with Crippen molar-refractivity contribution in [1.29, 1.82) is 10.5 Å². The maximum Gasteiger partial charge on any atom is 0.137 e. The molecule has 0 atom stereocenters. The lowest BCUT2D eigenvalue weighted by molar-refractivity contribution is 0.0944. The number of aromatic nitrogens is 3. The van der Waals surface area contributed by atoms with Crippen LogP contribution in [0.25, 0.3) is 22.2 Å². The van der Waals surface area contributed by atoms with Crippen molar-refractivity contribution in [2.24, 2.45) is 0 Å². The summed E-state index contributed by atoms with van der Waals surface area (Å²) < 4.78 is 4.27. The van der Waals surface area contributed by atoms with Crippen LogP contribution >= 0.6 is 11.9 Å². The number of H-pyrrole nitrogens is 1. The summed E-state index contributed by atoms with van der Waals surface area (Å²) in [7, 11) is 0. The van der Waals surface area contributed by atoms with Gasteiger partial charge in [0.15, 0.2) is 0 Å². The van der Waals surface area contributed by atoms with Crippen molar-refractivity contribution >= 4 is 23.0 Å². The number of aromatic amines is 1. The summed E-state index contributed by atoms with van der Waals surface area (Å²) >= 11 is 1.78. The molecule has 4 heterocycles. The Hall–Kier alpha value is -2.74. The zero-order valence-corrected chi connectivity index (χ0v) is 15.3. The fourth-order valence-electron chi connectivity index (χ4n) is 3.68. The van der Waals surface area contributed by atoms with Crippen molar-refractivity contribution in [2.75, 3.05) is 18.8 Å². The second-order valence-electron chi connectivity index (χ2n) is 6.47. The highest BCUT2D eigenvalue weighted by molar-refractivity contribution is 7.97. The van der Waals surface area contributed by atoms with Crippen LogP contribution < -0.4 is 0 Å². The molecule has 4 rings (SSSR count). The first kappa shape index (κ1) is 16.7. The van der Waals surface area contributed by atoms with Crippen molar-refractivity contribution in [3.8, 4) is 23.3 Å². The monoisotopic (exact) mass is 362 g/mol.